The Labute approximate surface area is 182 Å². The van der Waals surface area contributed by atoms with Crippen LogP contribution >= 0.6 is 11.8 Å². The Bertz CT molecular complexity index is 1220. The van der Waals surface area contributed by atoms with E-state index < -0.39 is 11.1 Å². The third-order valence-electron chi connectivity index (χ3n) is 4.55. The molecule has 7 nitrogen and oxygen atoms in total. The summed E-state index contributed by atoms with van der Waals surface area (Å²) in [5.74, 6) is 0.0564. The van der Waals surface area contributed by atoms with Crippen molar-refractivity contribution in [3.05, 3.63) is 71.1 Å². The molecule has 3 aromatic carbocycles. The second-order valence-corrected chi connectivity index (χ2v) is 7.64. The quantitative estimate of drug-likeness (QED) is 0.565. The number of hydrogen-bond donors (Lipinski definition) is 2. The predicted octanol–water partition coefficient (Wildman–Crippen LogP) is 4.19. The minimum atomic E-state index is -0.431. The van der Waals surface area contributed by atoms with Gasteiger partial charge in [-0.1, -0.05) is 42.5 Å². The first-order chi connectivity index (χ1) is 15.0. The van der Waals surface area contributed by atoms with E-state index in [1.165, 1.54) is 7.11 Å². The van der Waals surface area contributed by atoms with E-state index in [1.54, 1.807) is 24.3 Å². The molecular weight excluding hydrogens is 416 g/mol. The van der Waals surface area contributed by atoms with Gasteiger partial charge in [-0.2, -0.15) is 0 Å². The first-order valence-electron chi connectivity index (χ1n) is 9.37. The van der Waals surface area contributed by atoms with Crippen LogP contribution in [0.1, 0.15) is 5.56 Å². The van der Waals surface area contributed by atoms with Gasteiger partial charge in [0, 0.05) is 11.1 Å². The third kappa shape index (κ3) is 4.70. The maximum atomic E-state index is 12.4. The Hall–Kier alpha value is -3.78. The highest BCUT2D eigenvalue weighted by Crippen LogP contribution is 2.31. The van der Waals surface area contributed by atoms with Crippen LogP contribution in [0.4, 0.5) is 10.5 Å². The molecule has 0 unspecified atom stereocenters. The fourth-order valence-corrected chi connectivity index (χ4v) is 3.81. The molecular formula is C23H18N2O5S. The molecule has 1 fully saturated rings. The minimum absolute atomic E-state index is 0.202. The Balaban J connectivity index is 1.44. The van der Waals surface area contributed by atoms with Crippen LogP contribution in [0.15, 0.2) is 65.6 Å². The summed E-state index contributed by atoms with van der Waals surface area (Å²) in [7, 11) is 1.48. The number of fused-ring (bicyclic) bond motifs is 1. The van der Waals surface area contributed by atoms with E-state index in [9.17, 15) is 14.4 Å². The highest BCUT2D eigenvalue weighted by atomic mass is 32.2. The van der Waals surface area contributed by atoms with Crippen LogP contribution in [-0.4, -0.2) is 30.8 Å². The third-order valence-corrected chi connectivity index (χ3v) is 5.36. The van der Waals surface area contributed by atoms with Crippen molar-refractivity contribution in [3.8, 4) is 11.5 Å². The van der Waals surface area contributed by atoms with Crippen LogP contribution in [0.25, 0.3) is 16.8 Å². The summed E-state index contributed by atoms with van der Waals surface area (Å²) >= 11 is 0.838. The Kier molecular flexibility index (Phi) is 5.90. The molecule has 0 aromatic heterocycles. The van der Waals surface area contributed by atoms with E-state index in [0.717, 1.165) is 22.5 Å². The van der Waals surface area contributed by atoms with Crippen LogP contribution in [0.5, 0.6) is 11.5 Å². The summed E-state index contributed by atoms with van der Waals surface area (Å²) in [5, 5.41) is 6.65. The fourth-order valence-electron chi connectivity index (χ4n) is 3.13. The molecule has 1 aliphatic heterocycles. The smallest absolute Gasteiger partial charge is 0.290 e. The van der Waals surface area contributed by atoms with Gasteiger partial charge in [0.1, 0.15) is 0 Å². The van der Waals surface area contributed by atoms with Crippen LogP contribution in [-0.2, 0) is 9.59 Å². The van der Waals surface area contributed by atoms with Gasteiger partial charge < -0.3 is 14.8 Å². The molecule has 1 aliphatic rings. The van der Waals surface area contributed by atoms with Crippen molar-refractivity contribution < 1.29 is 23.9 Å². The van der Waals surface area contributed by atoms with Crippen LogP contribution in [0.2, 0.25) is 0 Å². The van der Waals surface area contributed by atoms with Crippen LogP contribution in [0, 0.1) is 0 Å². The van der Waals surface area contributed by atoms with Gasteiger partial charge in [0.05, 0.1) is 12.0 Å². The van der Waals surface area contributed by atoms with Crippen molar-refractivity contribution in [2.45, 2.75) is 0 Å². The molecule has 3 amide bonds. The number of hydrogen-bond acceptors (Lipinski definition) is 6. The number of nitrogens with one attached hydrogen (secondary N) is 2. The molecule has 0 atom stereocenters. The Morgan fingerprint density at radius 3 is 2.65 bits per heavy atom. The lowest BCUT2D eigenvalue weighted by Crippen LogP contribution is -2.20. The standard InChI is InChI=1S/C23H18N2O5S/c1-29-19-11-14(12-20-22(27)25-23(28)31-20)9-10-18(19)30-13-21(26)24-17-8-4-6-15-5-2-3-7-16(15)17/h2-12H,13H2,1H3,(H,24,26)(H,25,27,28)/b20-12-. The fraction of sp³-hybridized carbons (Fsp3) is 0.0870. The van der Waals surface area contributed by atoms with Gasteiger partial charge in [-0.15, -0.1) is 0 Å². The first kappa shape index (κ1) is 20.5. The summed E-state index contributed by atoms with van der Waals surface area (Å²) in [6.45, 7) is -0.202. The number of carbonyl (C=O) groups excluding carboxylic acids is 3. The van der Waals surface area contributed by atoms with E-state index in [2.05, 4.69) is 10.6 Å². The molecule has 1 heterocycles. The lowest BCUT2D eigenvalue weighted by Gasteiger charge is -2.12. The minimum Gasteiger partial charge on any atom is -0.493 e. The number of methoxy groups -OCH3 is 1. The van der Waals surface area contributed by atoms with Crippen LogP contribution in [0.3, 0.4) is 0 Å². The average molecular weight is 434 g/mol. The number of benzene rings is 3. The molecule has 0 saturated carbocycles. The zero-order valence-corrected chi connectivity index (χ0v) is 17.3. The number of anilines is 1. The molecule has 3 aromatic rings. The Morgan fingerprint density at radius 2 is 1.87 bits per heavy atom. The molecule has 0 bridgehead atoms. The maximum absolute atomic E-state index is 12.4. The molecule has 2 N–H and O–H groups in total. The van der Waals surface area contributed by atoms with Gasteiger partial charge in [0.2, 0.25) is 0 Å². The number of ether oxygens (including phenoxy) is 2. The average Bonchev–Trinajstić information content (AvgIpc) is 3.09. The number of carbonyl (C=O) groups is 3. The topological polar surface area (TPSA) is 93.7 Å². The highest BCUT2D eigenvalue weighted by molar-refractivity contribution is 8.18. The van der Waals surface area contributed by atoms with Gasteiger partial charge in [-0.25, -0.2) is 0 Å². The predicted molar refractivity (Wildman–Crippen MR) is 120 cm³/mol. The summed E-state index contributed by atoms with van der Waals surface area (Å²) in [5.41, 5.74) is 1.37. The number of rotatable bonds is 6. The molecule has 4 rings (SSSR count). The molecule has 0 spiro atoms. The lowest BCUT2D eigenvalue weighted by molar-refractivity contribution is -0.118. The normalized spacial score (nSPS) is 14.5. The molecule has 31 heavy (non-hydrogen) atoms. The van der Waals surface area contributed by atoms with Crippen molar-refractivity contribution in [3.63, 3.8) is 0 Å². The molecule has 156 valence electrons. The second kappa shape index (κ2) is 8.93. The molecule has 0 radical (unpaired) electrons. The monoisotopic (exact) mass is 434 g/mol. The van der Waals surface area contributed by atoms with Crippen molar-refractivity contribution in [1.29, 1.82) is 0 Å². The van der Waals surface area contributed by atoms with Gasteiger partial charge in [0.15, 0.2) is 18.1 Å². The van der Waals surface area contributed by atoms with E-state index in [4.69, 9.17) is 9.47 Å². The van der Waals surface area contributed by atoms with Crippen LogP contribution < -0.4 is 20.1 Å². The van der Waals surface area contributed by atoms with Crippen molar-refractivity contribution in [2.24, 2.45) is 0 Å². The summed E-state index contributed by atoms with van der Waals surface area (Å²) in [6, 6.07) is 18.5. The number of imide groups is 1. The zero-order chi connectivity index (χ0) is 21.8. The van der Waals surface area contributed by atoms with Gasteiger partial charge >= 0.3 is 0 Å². The Morgan fingerprint density at radius 1 is 1.06 bits per heavy atom. The van der Waals surface area contributed by atoms with Gasteiger partial charge in [0.25, 0.3) is 17.1 Å². The van der Waals surface area contributed by atoms with Crippen molar-refractivity contribution in [2.75, 3.05) is 19.0 Å². The number of thioether (sulfide) groups is 1. The highest BCUT2D eigenvalue weighted by Gasteiger charge is 2.25. The summed E-state index contributed by atoms with van der Waals surface area (Å²) in [6.07, 6.45) is 1.59. The maximum Gasteiger partial charge on any atom is 0.290 e. The molecule has 1 saturated heterocycles. The SMILES string of the molecule is COc1cc(/C=C2\SC(=O)NC2=O)ccc1OCC(=O)Nc1cccc2ccccc12. The molecule has 8 heteroatoms. The van der Waals surface area contributed by atoms with E-state index in [1.807, 2.05) is 42.5 Å². The zero-order valence-electron chi connectivity index (χ0n) is 16.5. The second-order valence-electron chi connectivity index (χ2n) is 6.63. The first-order valence-corrected chi connectivity index (χ1v) is 10.2. The van der Waals surface area contributed by atoms with E-state index >= 15 is 0 Å². The lowest BCUT2D eigenvalue weighted by atomic mass is 10.1. The molecule has 0 aliphatic carbocycles. The summed E-state index contributed by atoms with van der Waals surface area (Å²) in [4.78, 5) is 35.7. The van der Waals surface area contributed by atoms with E-state index in [-0.39, 0.29) is 12.5 Å². The van der Waals surface area contributed by atoms with Crippen molar-refractivity contribution in [1.82, 2.24) is 5.32 Å². The largest absolute Gasteiger partial charge is 0.493 e. The van der Waals surface area contributed by atoms with Gasteiger partial charge in [-0.05, 0) is 47.0 Å². The van der Waals surface area contributed by atoms with E-state index in [0.29, 0.717) is 27.7 Å². The van der Waals surface area contributed by atoms with Crippen molar-refractivity contribution >= 4 is 51.4 Å². The number of amides is 3. The summed E-state index contributed by atoms with van der Waals surface area (Å²) < 4.78 is 11.0. The van der Waals surface area contributed by atoms with Gasteiger partial charge in [-0.3, -0.25) is 19.7 Å².